The van der Waals surface area contributed by atoms with Crippen molar-refractivity contribution >= 4 is 28.4 Å². The molecule has 0 aliphatic carbocycles. The van der Waals surface area contributed by atoms with E-state index in [-0.39, 0.29) is 0 Å². The second-order valence-electron chi connectivity index (χ2n) is 8.27. The Bertz CT molecular complexity index is 1200. The van der Waals surface area contributed by atoms with E-state index < -0.39 is 0 Å². The summed E-state index contributed by atoms with van der Waals surface area (Å²) in [5, 5.41) is 7.28. The molecule has 4 nitrogen and oxygen atoms in total. The first-order valence-electron chi connectivity index (χ1n) is 11.2. The Balaban J connectivity index is 1.39. The highest BCUT2D eigenvalue weighted by atomic mass is 32.1. The van der Waals surface area contributed by atoms with Crippen LogP contribution in [-0.2, 0) is 6.54 Å². The first-order valence-corrected chi connectivity index (χ1v) is 12.1. The van der Waals surface area contributed by atoms with E-state index in [1.165, 1.54) is 33.5 Å². The van der Waals surface area contributed by atoms with Gasteiger partial charge in [-0.05, 0) is 62.1 Å². The number of hydrogen-bond acceptors (Lipinski definition) is 5. The van der Waals surface area contributed by atoms with Crippen molar-refractivity contribution in [3.8, 4) is 11.3 Å². The summed E-state index contributed by atoms with van der Waals surface area (Å²) in [6.45, 7) is 10.5. The van der Waals surface area contributed by atoms with E-state index in [1.54, 1.807) is 11.3 Å². The van der Waals surface area contributed by atoms with Crippen molar-refractivity contribution in [2.75, 3.05) is 16.9 Å². The summed E-state index contributed by atoms with van der Waals surface area (Å²) >= 11 is 1.57. The van der Waals surface area contributed by atoms with Crippen LogP contribution in [-0.4, -0.2) is 17.7 Å². The predicted molar refractivity (Wildman–Crippen MR) is 143 cm³/mol. The minimum atomic E-state index is 0.789. The molecule has 0 aliphatic heterocycles. The van der Waals surface area contributed by atoms with E-state index in [0.717, 1.165) is 29.5 Å². The van der Waals surface area contributed by atoms with Crippen molar-refractivity contribution in [3.05, 3.63) is 99.9 Å². The largest absolute Gasteiger partial charge is 0.367 e. The van der Waals surface area contributed by atoms with Crippen molar-refractivity contribution in [1.82, 2.24) is 4.98 Å². The van der Waals surface area contributed by atoms with E-state index in [4.69, 9.17) is 4.98 Å². The Hall–Kier alpha value is -3.44. The molecule has 5 heteroatoms. The number of aryl methyl sites for hydroxylation is 3. The fourth-order valence-electron chi connectivity index (χ4n) is 4.15. The van der Waals surface area contributed by atoms with E-state index in [9.17, 15) is 0 Å². The van der Waals surface area contributed by atoms with Crippen LogP contribution in [0.25, 0.3) is 11.3 Å². The molecule has 0 fully saturated rings. The molecule has 1 aromatic heterocycles. The van der Waals surface area contributed by atoms with Gasteiger partial charge in [-0.15, -0.1) is 11.3 Å². The first kappa shape index (κ1) is 22.7. The van der Waals surface area contributed by atoms with Crippen LogP contribution in [0.1, 0.15) is 34.7 Å². The molecule has 0 aliphatic rings. The highest BCUT2D eigenvalue weighted by Gasteiger charge is 2.10. The van der Waals surface area contributed by atoms with Gasteiger partial charge in [-0.25, -0.2) is 4.98 Å². The van der Waals surface area contributed by atoms with Gasteiger partial charge < -0.3 is 4.90 Å². The number of nitrogens with zero attached hydrogens (tertiary/aromatic N) is 3. The zero-order valence-electron chi connectivity index (χ0n) is 19.7. The lowest BCUT2D eigenvalue weighted by molar-refractivity contribution is 0.832. The zero-order valence-corrected chi connectivity index (χ0v) is 20.5. The standard InChI is InChI=1S/C28H30N4S/c1-5-32(18-24-9-7-6-8-10-24)25-13-11-23(12-14-25)17-29-31-28-30-26(19-33-28)27-21(3)15-20(2)16-22(27)4/h6-17,19H,5,18H2,1-4H3,(H,30,31)/b29-17-. The third-order valence-corrected chi connectivity index (χ3v) is 6.41. The van der Waals surface area contributed by atoms with Gasteiger partial charge in [0.25, 0.3) is 0 Å². The molecule has 33 heavy (non-hydrogen) atoms. The minimum Gasteiger partial charge on any atom is -0.367 e. The van der Waals surface area contributed by atoms with Crippen molar-refractivity contribution in [1.29, 1.82) is 0 Å². The van der Waals surface area contributed by atoms with Crippen LogP contribution in [0.3, 0.4) is 0 Å². The third kappa shape index (κ3) is 5.68. The maximum atomic E-state index is 4.74. The third-order valence-electron chi connectivity index (χ3n) is 5.67. The molecule has 0 atom stereocenters. The smallest absolute Gasteiger partial charge is 0.203 e. The maximum absolute atomic E-state index is 4.74. The van der Waals surface area contributed by atoms with E-state index >= 15 is 0 Å². The number of hydrogen-bond donors (Lipinski definition) is 1. The molecular weight excluding hydrogens is 424 g/mol. The average molecular weight is 455 g/mol. The van der Waals surface area contributed by atoms with Crippen molar-refractivity contribution in [3.63, 3.8) is 0 Å². The Labute approximate surface area is 200 Å². The van der Waals surface area contributed by atoms with Crippen LogP contribution in [0.4, 0.5) is 10.8 Å². The average Bonchev–Trinajstić information content (AvgIpc) is 3.26. The molecular formula is C28H30N4S. The molecule has 0 amide bonds. The summed E-state index contributed by atoms with van der Waals surface area (Å²) in [7, 11) is 0. The Morgan fingerprint density at radius 3 is 2.33 bits per heavy atom. The number of hydrazone groups is 1. The van der Waals surface area contributed by atoms with Gasteiger partial charge in [-0.3, -0.25) is 5.43 Å². The van der Waals surface area contributed by atoms with Crippen LogP contribution >= 0.6 is 11.3 Å². The molecule has 4 rings (SSSR count). The molecule has 0 radical (unpaired) electrons. The van der Waals surface area contributed by atoms with E-state index in [0.29, 0.717) is 0 Å². The number of thiazole rings is 1. The Morgan fingerprint density at radius 2 is 1.67 bits per heavy atom. The van der Waals surface area contributed by atoms with Crippen molar-refractivity contribution in [2.45, 2.75) is 34.2 Å². The van der Waals surface area contributed by atoms with Crippen LogP contribution in [0, 0.1) is 20.8 Å². The number of anilines is 2. The van der Waals surface area contributed by atoms with Gasteiger partial charge in [0.1, 0.15) is 0 Å². The normalized spacial score (nSPS) is 11.2. The van der Waals surface area contributed by atoms with Crippen LogP contribution in [0.15, 0.2) is 77.2 Å². The molecule has 0 saturated carbocycles. The monoisotopic (exact) mass is 454 g/mol. The molecule has 1 heterocycles. The predicted octanol–water partition coefficient (Wildman–Crippen LogP) is 7.21. The van der Waals surface area contributed by atoms with E-state index in [1.807, 2.05) is 6.21 Å². The summed E-state index contributed by atoms with van der Waals surface area (Å²) in [5.74, 6) is 0. The van der Waals surface area contributed by atoms with Crippen molar-refractivity contribution < 1.29 is 0 Å². The van der Waals surface area contributed by atoms with E-state index in [2.05, 4.69) is 115 Å². The highest BCUT2D eigenvalue weighted by molar-refractivity contribution is 7.14. The highest BCUT2D eigenvalue weighted by Crippen LogP contribution is 2.31. The molecule has 4 aromatic rings. The zero-order chi connectivity index (χ0) is 23.2. The van der Waals surface area contributed by atoms with Crippen LogP contribution in [0.2, 0.25) is 0 Å². The lowest BCUT2D eigenvalue weighted by atomic mass is 9.98. The number of nitrogens with one attached hydrogen (secondary N) is 1. The lowest BCUT2D eigenvalue weighted by Crippen LogP contribution is -2.21. The fourth-order valence-corrected chi connectivity index (χ4v) is 4.80. The molecule has 3 aromatic carbocycles. The number of aromatic nitrogens is 1. The van der Waals surface area contributed by atoms with Gasteiger partial charge in [-0.2, -0.15) is 5.10 Å². The summed E-state index contributed by atoms with van der Waals surface area (Å²) in [6, 6.07) is 23.5. The summed E-state index contributed by atoms with van der Waals surface area (Å²) in [6.07, 6.45) is 1.83. The van der Waals surface area contributed by atoms with Gasteiger partial charge in [0.05, 0.1) is 11.9 Å². The second-order valence-corrected chi connectivity index (χ2v) is 9.13. The molecule has 0 spiro atoms. The van der Waals surface area contributed by atoms with Gasteiger partial charge in [0.2, 0.25) is 5.13 Å². The fraction of sp³-hybridized carbons (Fsp3) is 0.214. The number of rotatable bonds is 8. The minimum absolute atomic E-state index is 0.789. The van der Waals surface area contributed by atoms with Gasteiger partial charge in [0, 0.05) is 29.7 Å². The maximum Gasteiger partial charge on any atom is 0.203 e. The molecule has 1 N–H and O–H groups in total. The topological polar surface area (TPSA) is 40.5 Å². The Kier molecular flexibility index (Phi) is 7.20. The summed E-state index contributed by atoms with van der Waals surface area (Å²) in [5.41, 5.74) is 12.6. The molecule has 0 saturated heterocycles. The van der Waals surface area contributed by atoms with Gasteiger partial charge >= 0.3 is 0 Å². The van der Waals surface area contributed by atoms with Crippen LogP contribution < -0.4 is 10.3 Å². The molecule has 168 valence electrons. The first-order chi connectivity index (χ1) is 16.0. The summed E-state index contributed by atoms with van der Waals surface area (Å²) < 4.78 is 0. The second kappa shape index (κ2) is 10.5. The molecule has 0 unspecified atom stereocenters. The Morgan fingerprint density at radius 1 is 0.970 bits per heavy atom. The van der Waals surface area contributed by atoms with Crippen LogP contribution in [0.5, 0.6) is 0 Å². The van der Waals surface area contributed by atoms with Gasteiger partial charge in [-0.1, -0.05) is 60.2 Å². The van der Waals surface area contributed by atoms with Gasteiger partial charge in [0.15, 0.2) is 0 Å². The lowest BCUT2D eigenvalue weighted by Gasteiger charge is -2.23. The quantitative estimate of drug-likeness (QED) is 0.226. The molecule has 0 bridgehead atoms. The summed E-state index contributed by atoms with van der Waals surface area (Å²) in [4.78, 5) is 7.10. The van der Waals surface area contributed by atoms with Crippen molar-refractivity contribution in [2.24, 2.45) is 5.10 Å². The number of benzene rings is 3. The SMILES string of the molecule is CCN(Cc1ccccc1)c1ccc(/C=N\Nc2nc(-c3c(C)cc(C)cc3C)cs2)cc1.